The third kappa shape index (κ3) is 5.92. The summed E-state index contributed by atoms with van der Waals surface area (Å²) in [6.45, 7) is 14.6. The molecule has 1 aromatic heterocycles. The van der Waals surface area contributed by atoms with Gasteiger partial charge in [0.15, 0.2) is 0 Å². The van der Waals surface area contributed by atoms with Crippen LogP contribution in [0.25, 0.3) is 5.69 Å². The molecule has 2 aromatic rings. The zero-order valence-electron chi connectivity index (χ0n) is 18.7. The molecule has 6 nitrogen and oxygen atoms in total. The van der Waals surface area contributed by atoms with Gasteiger partial charge in [0, 0.05) is 23.9 Å². The molecule has 0 aliphatic rings. The summed E-state index contributed by atoms with van der Waals surface area (Å²) in [5, 5.41) is 7.70. The van der Waals surface area contributed by atoms with Crippen LogP contribution >= 0.6 is 0 Å². The first-order valence-corrected chi connectivity index (χ1v) is 10.3. The minimum Gasteiger partial charge on any atom is -0.333 e. The van der Waals surface area contributed by atoms with Crippen LogP contribution in [0.4, 0.5) is 5.82 Å². The standard InChI is InChI=1S/C23H34N4O2/c1-8-13-26(22(29)16(2)3)15-21(28)24-20-14-19(23(5,6)7)25-27(20)18-11-9-17(4)10-12-18/h9-12,14,16H,8,13,15H2,1-7H3,(H,24,28). The van der Waals surface area contributed by atoms with Gasteiger partial charge in [-0.25, -0.2) is 4.68 Å². The summed E-state index contributed by atoms with van der Waals surface area (Å²) in [5.41, 5.74) is 2.77. The maximum Gasteiger partial charge on any atom is 0.245 e. The lowest BCUT2D eigenvalue weighted by molar-refractivity contribution is -0.137. The van der Waals surface area contributed by atoms with E-state index in [0.29, 0.717) is 12.4 Å². The smallest absolute Gasteiger partial charge is 0.245 e. The van der Waals surface area contributed by atoms with E-state index in [4.69, 9.17) is 5.10 Å². The summed E-state index contributed by atoms with van der Waals surface area (Å²) in [6.07, 6.45) is 0.807. The predicted molar refractivity (Wildman–Crippen MR) is 117 cm³/mol. The van der Waals surface area contributed by atoms with Gasteiger partial charge in [-0.15, -0.1) is 0 Å². The van der Waals surface area contributed by atoms with Gasteiger partial charge in [0.2, 0.25) is 11.8 Å². The van der Waals surface area contributed by atoms with Crippen LogP contribution in [0.1, 0.15) is 59.2 Å². The molecule has 0 spiro atoms. The van der Waals surface area contributed by atoms with Gasteiger partial charge in [0.05, 0.1) is 17.9 Å². The van der Waals surface area contributed by atoms with E-state index in [1.807, 2.05) is 58.0 Å². The van der Waals surface area contributed by atoms with Crippen LogP contribution in [-0.4, -0.2) is 39.6 Å². The molecule has 0 radical (unpaired) electrons. The van der Waals surface area contributed by atoms with E-state index in [1.165, 1.54) is 0 Å². The number of hydrogen-bond donors (Lipinski definition) is 1. The number of carbonyl (C=O) groups excluding carboxylic acids is 2. The van der Waals surface area contributed by atoms with E-state index in [1.54, 1.807) is 9.58 Å². The molecule has 2 rings (SSSR count). The lowest BCUT2D eigenvalue weighted by atomic mass is 9.92. The van der Waals surface area contributed by atoms with E-state index in [-0.39, 0.29) is 29.7 Å². The van der Waals surface area contributed by atoms with E-state index in [2.05, 4.69) is 26.1 Å². The zero-order chi connectivity index (χ0) is 21.8. The fraction of sp³-hybridized carbons (Fsp3) is 0.522. The van der Waals surface area contributed by atoms with Crippen molar-refractivity contribution in [2.75, 3.05) is 18.4 Å². The molecule has 2 amide bonds. The molecule has 0 saturated heterocycles. The summed E-state index contributed by atoms with van der Waals surface area (Å²) in [6, 6.07) is 9.91. The molecule has 0 aliphatic heterocycles. The largest absolute Gasteiger partial charge is 0.333 e. The number of rotatable bonds is 7. The Balaban J connectivity index is 2.30. The van der Waals surface area contributed by atoms with Crippen LogP contribution in [0.5, 0.6) is 0 Å². The Morgan fingerprint density at radius 2 is 1.79 bits per heavy atom. The molecule has 1 N–H and O–H groups in total. The molecule has 1 heterocycles. The molecule has 0 saturated carbocycles. The van der Waals surface area contributed by atoms with Crippen LogP contribution in [0.15, 0.2) is 30.3 Å². The Morgan fingerprint density at radius 1 is 1.17 bits per heavy atom. The van der Waals surface area contributed by atoms with Crippen molar-refractivity contribution in [1.29, 1.82) is 0 Å². The van der Waals surface area contributed by atoms with Gasteiger partial charge < -0.3 is 10.2 Å². The Kier molecular flexibility index (Phi) is 7.22. The first-order valence-electron chi connectivity index (χ1n) is 10.3. The van der Waals surface area contributed by atoms with Crippen LogP contribution in [0.3, 0.4) is 0 Å². The number of anilines is 1. The number of aryl methyl sites for hydroxylation is 1. The van der Waals surface area contributed by atoms with Crippen molar-refractivity contribution in [2.45, 2.75) is 60.3 Å². The van der Waals surface area contributed by atoms with Crippen molar-refractivity contribution in [3.8, 4) is 5.69 Å². The van der Waals surface area contributed by atoms with E-state index in [0.717, 1.165) is 23.4 Å². The van der Waals surface area contributed by atoms with Gasteiger partial charge in [-0.2, -0.15) is 5.10 Å². The quantitative estimate of drug-likeness (QED) is 0.756. The molecule has 0 bridgehead atoms. The maximum atomic E-state index is 12.8. The monoisotopic (exact) mass is 398 g/mol. The van der Waals surface area contributed by atoms with Crippen molar-refractivity contribution in [2.24, 2.45) is 5.92 Å². The van der Waals surface area contributed by atoms with Crippen molar-refractivity contribution in [1.82, 2.24) is 14.7 Å². The van der Waals surface area contributed by atoms with Gasteiger partial charge in [-0.05, 0) is 25.5 Å². The maximum absolute atomic E-state index is 12.8. The number of carbonyl (C=O) groups is 2. The lowest BCUT2D eigenvalue weighted by Crippen LogP contribution is -2.40. The van der Waals surface area contributed by atoms with Crippen molar-refractivity contribution in [3.05, 3.63) is 41.6 Å². The van der Waals surface area contributed by atoms with Crippen molar-refractivity contribution >= 4 is 17.6 Å². The minimum atomic E-state index is -0.221. The van der Waals surface area contributed by atoms with Crippen molar-refractivity contribution < 1.29 is 9.59 Å². The first-order chi connectivity index (χ1) is 13.5. The van der Waals surface area contributed by atoms with Crippen molar-refractivity contribution in [3.63, 3.8) is 0 Å². The summed E-state index contributed by atoms with van der Waals surface area (Å²) in [5.74, 6) is 0.239. The molecule has 0 aliphatic carbocycles. The molecule has 6 heteroatoms. The molecule has 158 valence electrons. The molecule has 0 unspecified atom stereocenters. The fourth-order valence-corrected chi connectivity index (χ4v) is 2.98. The highest BCUT2D eigenvalue weighted by Gasteiger charge is 2.23. The second kappa shape index (κ2) is 9.25. The molecule has 29 heavy (non-hydrogen) atoms. The Labute approximate surface area is 174 Å². The number of nitrogens with one attached hydrogen (secondary N) is 1. The highest BCUT2D eigenvalue weighted by molar-refractivity contribution is 5.94. The van der Waals surface area contributed by atoms with Crippen LogP contribution in [-0.2, 0) is 15.0 Å². The third-order valence-electron chi connectivity index (χ3n) is 4.66. The van der Waals surface area contributed by atoms with Gasteiger partial charge >= 0.3 is 0 Å². The SMILES string of the molecule is CCCN(CC(=O)Nc1cc(C(C)(C)C)nn1-c1ccc(C)cc1)C(=O)C(C)C. The fourth-order valence-electron chi connectivity index (χ4n) is 2.98. The van der Waals surface area contributed by atoms with Gasteiger partial charge in [0.1, 0.15) is 5.82 Å². The summed E-state index contributed by atoms with van der Waals surface area (Å²) >= 11 is 0. The van der Waals surface area contributed by atoms with E-state index in [9.17, 15) is 9.59 Å². The predicted octanol–water partition coefficient (Wildman–Crippen LogP) is 4.31. The number of hydrogen-bond acceptors (Lipinski definition) is 3. The normalized spacial score (nSPS) is 11.6. The lowest BCUT2D eigenvalue weighted by Gasteiger charge is -2.23. The van der Waals surface area contributed by atoms with Crippen LogP contribution < -0.4 is 5.32 Å². The second-order valence-electron chi connectivity index (χ2n) is 8.87. The highest BCUT2D eigenvalue weighted by Crippen LogP contribution is 2.26. The third-order valence-corrected chi connectivity index (χ3v) is 4.66. The number of nitrogens with zero attached hydrogens (tertiary/aromatic N) is 3. The Bertz CT molecular complexity index is 845. The topological polar surface area (TPSA) is 67.2 Å². The van der Waals surface area contributed by atoms with Crippen LogP contribution in [0, 0.1) is 12.8 Å². The van der Waals surface area contributed by atoms with Crippen LogP contribution in [0.2, 0.25) is 0 Å². The number of benzene rings is 1. The molecule has 0 fully saturated rings. The van der Waals surface area contributed by atoms with Gasteiger partial charge in [0.25, 0.3) is 0 Å². The summed E-state index contributed by atoms with van der Waals surface area (Å²) in [4.78, 5) is 26.8. The average molecular weight is 399 g/mol. The first kappa shape index (κ1) is 22.7. The van der Waals surface area contributed by atoms with E-state index < -0.39 is 0 Å². The molecule has 0 atom stereocenters. The van der Waals surface area contributed by atoms with Gasteiger partial charge in [-0.3, -0.25) is 9.59 Å². The summed E-state index contributed by atoms with van der Waals surface area (Å²) < 4.78 is 1.76. The minimum absolute atomic E-state index is 0.00979. The van der Waals surface area contributed by atoms with E-state index >= 15 is 0 Å². The molecule has 1 aromatic carbocycles. The highest BCUT2D eigenvalue weighted by atomic mass is 16.2. The molecular formula is C23H34N4O2. The number of amides is 2. The molecular weight excluding hydrogens is 364 g/mol. The Morgan fingerprint density at radius 3 is 2.31 bits per heavy atom. The number of aromatic nitrogens is 2. The zero-order valence-corrected chi connectivity index (χ0v) is 18.7. The average Bonchev–Trinajstić information content (AvgIpc) is 3.05. The second-order valence-corrected chi connectivity index (χ2v) is 8.87. The summed E-state index contributed by atoms with van der Waals surface area (Å²) in [7, 11) is 0. The Hall–Kier alpha value is -2.63. The van der Waals surface area contributed by atoms with Gasteiger partial charge in [-0.1, -0.05) is 59.2 Å².